The van der Waals surface area contributed by atoms with Gasteiger partial charge in [0, 0.05) is 6.42 Å². The third kappa shape index (κ3) is 7.29. The number of benzene rings is 3. The SMILES string of the molecule is O=C(O)c1n[nH]c(Cc2cccc(OC(=O)c3ncn(Cc4cccc(OC(=O)c5ncn(Cc6ccccc6)n5)c4)n3)c2)n1. The Hall–Kier alpha value is -6.51. The van der Waals surface area contributed by atoms with E-state index in [2.05, 4.69) is 35.3 Å². The number of carbonyl (C=O) groups is 3. The predicted octanol–water partition coefficient (Wildman–Crippen LogP) is 2.81. The maximum atomic E-state index is 12.7. The quantitative estimate of drug-likeness (QED) is 0.162. The highest BCUT2D eigenvalue weighted by Crippen LogP contribution is 2.18. The first-order valence-electron chi connectivity index (χ1n) is 13.5. The van der Waals surface area contributed by atoms with E-state index in [-0.39, 0.29) is 36.2 Å². The Morgan fingerprint density at radius 3 is 1.84 bits per heavy atom. The number of hydrogen-bond donors (Lipinski definition) is 2. The predicted molar refractivity (Wildman–Crippen MR) is 154 cm³/mol. The number of aromatic nitrogens is 9. The lowest BCUT2D eigenvalue weighted by atomic mass is 10.1. The molecule has 15 heteroatoms. The van der Waals surface area contributed by atoms with Crippen LogP contribution in [-0.4, -0.2) is 67.7 Å². The first-order valence-corrected chi connectivity index (χ1v) is 13.5. The number of carboxylic acid groups (broad SMARTS) is 1. The maximum Gasteiger partial charge on any atom is 0.383 e. The Balaban J connectivity index is 1.04. The second-order valence-corrected chi connectivity index (χ2v) is 9.68. The van der Waals surface area contributed by atoms with Gasteiger partial charge in [0.2, 0.25) is 0 Å². The minimum Gasteiger partial charge on any atom is -0.475 e. The molecule has 0 spiro atoms. The molecule has 0 aliphatic heterocycles. The zero-order valence-corrected chi connectivity index (χ0v) is 23.3. The van der Waals surface area contributed by atoms with Gasteiger partial charge in [-0.2, -0.15) is 0 Å². The summed E-state index contributed by atoms with van der Waals surface area (Å²) in [7, 11) is 0. The lowest BCUT2D eigenvalue weighted by molar-refractivity contribution is 0.0680. The molecule has 0 radical (unpaired) electrons. The van der Waals surface area contributed by atoms with E-state index in [1.54, 1.807) is 47.1 Å². The Labute approximate surface area is 254 Å². The van der Waals surface area contributed by atoms with Crippen LogP contribution in [0.4, 0.5) is 0 Å². The summed E-state index contributed by atoms with van der Waals surface area (Å²) >= 11 is 0. The maximum absolute atomic E-state index is 12.7. The van der Waals surface area contributed by atoms with E-state index in [9.17, 15) is 14.4 Å². The number of carbonyl (C=O) groups excluding carboxylic acids is 2. The molecule has 0 aliphatic carbocycles. The smallest absolute Gasteiger partial charge is 0.383 e. The molecule has 0 saturated carbocycles. The first-order chi connectivity index (χ1) is 21.9. The molecule has 0 amide bonds. The van der Waals surface area contributed by atoms with Crippen molar-refractivity contribution in [3.63, 3.8) is 0 Å². The molecule has 0 saturated heterocycles. The third-order valence-electron chi connectivity index (χ3n) is 6.28. The van der Waals surface area contributed by atoms with Crippen molar-refractivity contribution < 1.29 is 29.0 Å². The highest BCUT2D eigenvalue weighted by molar-refractivity contribution is 5.87. The van der Waals surface area contributed by atoms with Gasteiger partial charge >= 0.3 is 17.9 Å². The van der Waals surface area contributed by atoms with Crippen LogP contribution in [-0.2, 0) is 19.5 Å². The second-order valence-electron chi connectivity index (χ2n) is 9.68. The van der Waals surface area contributed by atoms with Crippen LogP contribution in [0.15, 0.2) is 91.5 Å². The Morgan fingerprint density at radius 2 is 1.24 bits per heavy atom. The average molecular weight is 606 g/mol. The van der Waals surface area contributed by atoms with Crippen LogP contribution in [0.3, 0.4) is 0 Å². The number of aromatic amines is 1. The van der Waals surface area contributed by atoms with Crippen molar-refractivity contribution in [1.29, 1.82) is 0 Å². The summed E-state index contributed by atoms with van der Waals surface area (Å²) < 4.78 is 13.9. The molecule has 45 heavy (non-hydrogen) atoms. The number of carboxylic acids is 1. The minimum absolute atomic E-state index is 0.0633. The van der Waals surface area contributed by atoms with Crippen LogP contribution in [0.2, 0.25) is 0 Å². The molecular weight excluding hydrogens is 582 g/mol. The van der Waals surface area contributed by atoms with Crippen molar-refractivity contribution in [2.45, 2.75) is 19.5 Å². The monoisotopic (exact) mass is 605 g/mol. The molecule has 3 aromatic carbocycles. The van der Waals surface area contributed by atoms with Crippen molar-refractivity contribution >= 4 is 17.9 Å². The van der Waals surface area contributed by atoms with E-state index >= 15 is 0 Å². The van der Waals surface area contributed by atoms with Crippen molar-refractivity contribution in [3.8, 4) is 11.5 Å². The van der Waals surface area contributed by atoms with Gasteiger partial charge < -0.3 is 14.6 Å². The summed E-state index contributed by atoms with van der Waals surface area (Å²) in [6.07, 6.45) is 3.11. The van der Waals surface area contributed by atoms with Crippen molar-refractivity contribution in [3.05, 3.63) is 132 Å². The first kappa shape index (κ1) is 28.6. The molecule has 0 fully saturated rings. The number of nitrogens with one attached hydrogen (secondary N) is 1. The van der Waals surface area contributed by atoms with Gasteiger partial charge in [-0.3, -0.25) is 5.10 Å². The molecule has 0 atom stereocenters. The van der Waals surface area contributed by atoms with Crippen LogP contribution in [0.5, 0.6) is 11.5 Å². The largest absolute Gasteiger partial charge is 0.475 e. The van der Waals surface area contributed by atoms with Gasteiger partial charge in [-0.25, -0.2) is 38.7 Å². The molecule has 6 rings (SSSR count). The van der Waals surface area contributed by atoms with Crippen molar-refractivity contribution in [2.75, 3.05) is 0 Å². The van der Waals surface area contributed by atoms with Gasteiger partial charge in [-0.05, 0) is 41.0 Å². The van der Waals surface area contributed by atoms with Gasteiger partial charge in [-0.1, -0.05) is 54.6 Å². The molecule has 0 unspecified atom stereocenters. The van der Waals surface area contributed by atoms with Gasteiger partial charge in [0.25, 0.3) is 17.5 Å². The molecule has 3 heterocycles. The molecule has 15 nitrogen and oxygen atoms in total. The van der Waals surface area contributed by atoms with Crippen LogP contribution in [0.1, 0.15) is 54.4 Å². The normalized spacial score (nSPS) is 10.8. The summed E-state index contributed by atoms with van der Waals surface area (Å²) in [5.74, 6) is -2.35. The fourth-order valence-corrected chi connectivity index (χ4v) is 4.28. The minimum atomic E-state index is -1.24. The Kier molecular flexibility index (Phi) is 8.13. The average Bonchev–Trinajstić information content (AvgIpc) is 3.80. The second kappa shape index (κ2) is 12.8. The number of hydrogen-bond acceptors (Lipinski definition) is 11. The van der Waals surface area contributed by atoms with Gasteiger partial charge in [0.15, 0.2) is 0 Å². The van der Waals surface area contributed by atoms with E-state index in [0.717, 1.165) is 11.1 Å². The molecular formula is C30H23N9O6. The number of aromatic carboxylic acids is 1. The number of nitrogens with zero attached hydrogens (tertiary/aromatic N) is 8. The molecule has 2 N–H and O–H groups in total. The zero-order chi connectivity index (χ0) is 31.2. The van der Waals surface area contributed by atoms with Crippen molar-refractivity contribution in [1.82, 2.24) is 44.7 Å². The topological polar surface area (TPSA) is 193 Å². The van der Waals surface area contributed by atoms with E-state index in [1.165, 1.54) is 17.3 Å². The number of rotatable bonds is 11. The number of ether oxygens (including phenoxy) is 2. The van der Waals surface area contributed by atoms with Gasteiger partial charge in [-0.15, -0.1) is 15.3 Å². The third-order valence-corrected chi connectivity index (χ3v) is 6.28. The summed E-state index contributed by atoms with van der Waals surface area (Å²) in [6, 6.07) is 23.2. The highest BCUT2D eigenvalue weighted by atomic mass is 16.5. The summed E-state index contributed by atoms with van der Waals surface area (Å²) in [5, 5.41) is 23.6. The van der Waals surface area contributed by atoms with Gasteiger partial charge in [0.05, 0.1) is 13.1 Å². The molecule has 0 bridgehead atoms. The molecule has 6 aromatic rings. The molecule has 3 aromatic heterocycles. The molecule has 224 valence electrons. The van der Waals surface area contributed by atoms with Crippen LogP contribution < -0.4 is 9.47 Å². The van der Waals surface area contributed by atoms with E-state index < -0.39 is 17.9 Å². The lowest BCUT2D eigenvalue weighted by Crippen LogP contribution is -2.13. The van der Waals surface area contributed by atoms with E-state index in [4.69, 9.17) is 14.6 Å². The van der Waals surface area contributed by atoms with Crippen LogP contribution >= 0.6 is 0 Å². The fourth-order valence-electron chi connectivity index (χ4n) is 4.28. The van der Waals surface area contributed by atoms with Crippen LogP contribution in [0.25, 0.3) is 0 Å². The lowest BCUT2D eigenvalue weighted by Gasteiger charge is -2.06. The Bertz CT molecular complexity index is 1980. The van der Waals surface area contributed by atoms with E-state index in [1.807, 2.05) is 36.4 Å². The van der Waals surface area contributed by atoms with Crippen molar-refractivity contribution in [2.24, 2.45) is 0 Å². The summed E-state index contributed by atoms with van der Waals surface area (Å²) in [6.45, 7) is 0.706. The zero-order valence-electron chi connectivity index (χ0n) is 23.3. The Morgan fingerprint density at radius 1 is 0.689 bits per heavy atom. The number of esters is 2. The van der Waals surface area contributed by atoms with Crippen LogP contribution in [0, 0.1) is 0 Å². The highest BCUT2D eigenvalue weighted by Gasteiger charge is 2.17. The number of H-pyrrole nitrogens is 1. The van der Waals surface area contributed by atoms with E-state index in [0.29, 0.717) is 23.7 Å². The fraction of sp³-hybridized carbons (Fsp3) is 0.100. The summed E-state index contributed by atoms with van der Waals surface area (Å²) in [5.41, 5.74) is 2.47. The van der Waals surface area contributed by atoms with Gasteiger partial charge in [0.1, 0.15) is 30.0 Å². The summed E-state index contributed by atoms with van der Waals surface area (Å²) in [4.78, 5) is 48.4. The molecule has 0 aliphatic rings. The standard InChI is InChI=1S/C30H23N9O6/c40-28(41)25-33-24(34-35-25)14-20-8-4-10-22(12-20)44-29(42)27-32-18-39(37-27)16-21-9-5-11-23(13-21)45-30(43)26-31-17-38(36-26)15-19-6-2-1-3-7-19/h1-13,17-18H,14-16H2,(H,40,41)(H,33,34,35).